The van der Waals surface area contributed by atoms with Crippen LogP contribution in [0.4, 0.5) is 0 Å². The topological polar surface area (TPSA) is 80.2 Å². The summed E-state index contributed by atoms with van der Waals surface area (Å²) in [6, 6.07) is 16.4. The highest BCUT2D eigenvalue weighted by molar-refractivity contribution is 6.32. The van der Waals surface area contributed by atoms with Crippen molar-refractivity contribution >= 4 is 23.7 Å². The fourth-order valence-electron chi connectivity index (χ4n) is 3.49. The van der Waals surface area contributed by atoms with Crippen molar-refractivity contribution in [3.63, 3.8) is 0 Å². The van der Waals surface area contributed by atoms with Crippen LogP contribution in [-0.2, 0) is 6.61 Å². The van der Waals surface area contributed by atoms with E-state index in [-0.39, 0.29) is 22.3 Å². The standard InChI is InChI=1S/C28H31ClN2O4/c1-17(2)21-8-6-19(7-9-21)16-35-27-23(18(3)4)12-20(13-26(27)34-5)15-30-31-28(33)22-10-11-25(32)24(29)14-22/h6-15,17-18,32H,16H2,1-5H3,(H,31,33). The van der Waals surface area contributed by atoms with Gasteiger partial charge in [0, 0.05) is 11.1 Å². The summed E-state index contributed by atoms with van der Waals surface area (Å²) in [5.41, 5.74) is 6.85. The van der Waals surface area contributed by atoms with Gasteiger partial charge in [-0.2, -0.15) is 5.10 Å². The lowest BCUT2D eigenvalue weighted by Gasteiger charge is -2.18. The number of hydrogen-bond acceptors (Lipinski definition) is 5. The van der Waals surface area contributed by atoms with Crippen LogP contribution < -0.4 is 14.9 Å². The Morgan fingerprint density at radius 2 is 1.77 bits per heavy atom. The molecular weight excluding hydrogens is 464 g/mol. The van der Waals surface area contributed by atoms with Gasteiger partial charge in [-0.25, -0.2) is 5.43 Å². The highest BCUT2D eigenvalue weighted by atomic mass is 35.5. The minimum absolute atomic E-state index is 0.0880. The molecular formula is C28H31ClN2O4. The van der Waals surface area contributed by atoms with E-state index < -0.39 is 5.91 Å². The Balaban J connectivity index is 1.76. The van der Waals surface area contributed by atoms with E-state index in [9.17, 15) is 9.90 Å². The van der Waals surface area contributed by atoms with E-state index in [1.165, 1.54) is 23.8 Å². The number of benzene rings is 3. The summed E-state index contributed by atoms with van der Waals surface area (Å²) in [6.07, 6.45) is 1.54. The van der Waals surface area contributed by atoms with Crippen LogP contribution in [0.15, 0.2) is 59.7 Å². The Labute approximate surface area is 211 Å². The molecule has 35 heavy (non-hydrogen) atoms. The molecule has 0 spiro atoms. The molecule has 0 radical (unpaired) electrons. The summed E-state index contributed by atoms with van der Waals surface area (Å²) in [5, 5.41) is 13.7. The van der Waals surface area contributed by atoms with Gasteiger partial charge in [0.05, 0.1) is 18.3 Å². The third-order valence-electron chi connectivity index (χ3n) is 5.57. The zero-order valence-electron chi connectivity index (χ0n) is 20.6. The lowest BCUT2D eigenvalue weighted by molar-refractivity contribution is 0.0955. The molecule has 0 saturated heterocycles. The third-order valence-corrected chi connectivity index (χ3v) is 5.87. The molecule has 7 heteroatoms. The van der Waals surface area contributed by atoms with Crippen LogP contribution in [0.1, 0.15) is 72.1 Å². The first-order valence-corrected chi connectivity index (χ1v) is 11.8. The van der Waals surface area contributed by atoms with Crippen molar-refractivity contribution in [2.45, 2.75) is 46.1 Å². The first-order chi connectivity index (χ1) is 16.7. The molecule has 0 bridgehead atoms. The SMILES string of the molecule is COc1cc(C=NNC(=O)c2ccc(O)c(Cl)c2)cc(C(C)C)c1OCc1ccc(C(C)C)cc1. The highest BCUT2D eigenvalue weighted by Crippen LogP contribution is 2.37. The maximum absolute atomic E-state index is 12.3. The molecule has 0 fully saturated rings. The molecule has 2 N–H and O–H groups in total. The number of ether oxygens (including phenoxy) is 2. The number of hydrazone groups is 1. The van der Waals surface area contributed by atoms with E-state index >= 15 is 0 Å². The van der Waals surface area contributed by atoms with Gasteiger partial charge in [-0.05, 0) is 58.9 Å². The molecule has 0 unspecified atom stereocenters. The number of halogens is 1. The lowest BCUT2D eigenvalue weighted by atomic mass is 9.99. The molecule has 0 heterocycles. The molecule has 0 saturated carbocycles. The first-order valence-electron chi connectivity index (χ1n) is 11.4. The van der Waals surface area contributed by atoms with Crippen molar-refractivity contribution in [2.24, 2.45) is 5.10 Å². The number of nitrogens with one attached hydrogen (secondary N) is 1. The number of nitrogens with zero attached hydrogens (tertiary/aromatic N) is 1. The molecule has 0 aliphatic rings. The number of carbonyl (C=O) groups excluding carboxylic acids is 1. The average Bonchev–Trinajstić information content (AvgIpc) is 2.84. The van der Waals surface area contributed by atoms with Gasteiger partial charge in [0.2, 0.25) is 0 Å². The van der Waals surface area contributed by atoms with E-state index in [0.717, 1.165) is 16.7 Å². The minimum Gasteiger partial charge on any atom is -0.506 e. The number of phenolic OH excluding ortho intramolecular Hbond substituents is 1. The Bertz CT molecular complexity index is 1200. The van der Waals surface area contributed by atoms with E-state index in [1.54, 1.807) is 13.3 Å². The van der Waals surface area contributed by atoms with Crippen LogP contribution in [0, 0.1) is 0 Å². The van der Waals surface area contributed by atoms with Crippen molar-refractivity contribution in [3.05, 3.63) is 87.4 Å². The summed E-state index contributed by atoms with van der Waals surface area (Å²) >= 11 is 5.87. The van der Waals surface area contributed by atoms with Crippen LogP contribution in [0.3, 0.4) is 0 Å². The number of aromatic hydroxyl groups is 1. The van der Waals surface area contributed by atoms with Crippen molar-refractivity contribution in [1.82, 2.24) is 5.43 Å². The normalized spacial score (nSPS) is 11.3. The van der Waals surface area contributed by atoms with Gasteiger partial charge in [-0.1, -0.05) is 63.6 Å². The summed E-state index contributed by atoms with van der Waals surface area (Å²) in [6.45, 7) is 8.93. The molecule has 3 aromatic carbocycles. The number of phenols is 1. The number of methoxy groups -OCH3 is 1. The van der Waals surface area contributed by atoms with Gasteiger partial charge in [-0.15, -0.1) is 0 Å². The van der Waals surface area contributed by atoms with E-state index in [1.807, 2.05) is 12.1 Å². The minimum atomic E-state index is -0.442. The number of rotatable bonds is 9. The van der Waals surface area contributed by atoms with Crippen LogP contribution in [0.25, 0.3) is 0 Å². The molecule has 0 atom stereocenters. The Morgan fingerprint density at radius 3 is 2.37 bits per heavy atom. The van der Waals surface area contributed by atoms with Crippen LogP contribution in [0.2, 0.25) is 5.02 Å². The van der Waals surface area contributed by atoms with E-state index in [4.69, 9.17) is 21.1 Å². The Morgan fingerprint density at radius 1 is 1.06 bits per heavy atom. The van der Waals surface area contributed by atoms with Gasteiger partial charge in [0.15, 0.2) is 11.5 Å². The van der Waals surface area contributed by atoms with Crippen molar-refractivity contribution in [1.29, 1.82) is 0 Å². The zero-order valence-corrected chi connectivity index (χ0v) is 21.4. The molecule has 3 aromatic rings. The molecule has 184 valence electrons. The third kappa shape index (κ3) is 6.76. The summed E-state index contributed by atoms with van der Waals surface area (Å²) in [5.74, 6) is 1.40. The maximum Gasteiger partial charge on any atom is 0.271 e. The fourth-order valence-corrected chi connectivity index (χ4v) is 3.67. The summed E-state index contributed by atoms with van der Waals surface area (Å²) in [4.78, 5) is 12.3. The van der Waals surface area contributed by atoms with Gasteiger partial charge in [-0.3, -0.25) is 4.79 Å². The van der Waals surface area contributed by atoms with Gasteiger partial charge >= 0.3 is 0 Å². The fraction of sp³-hybridized carbons (Fsp3) is 0.286. The predicted octanol–water partition coefficient (Wildman–Crippen LogP) is 6.64. The second-order valence-corrected chi connectivity index (χ2v) is 9.25. The van der Waals surface area contributed by atoms with E-state index in [2.05, 4.69) is 62.5 Å². The first kappa shape index (κ1) is 26.1. The Kier molecular flexibility index (Phi) is 8.77. The van der Waals surface area contributed by atoms with Crippen molar-refractivity contribution < 1.29 is 19.4 Å². The largest absolute Gasteiger partial charge is 0.506 e. The monoisotopic (exact) mass is 494 g/mol. The number of hydrogen-bond donors (Lipinski definition) is 2. The van der Waals surface area contributed by atoms with Gasteiger partial charge in [0.1, 0.15) is 12.4 Å². The van der Waals surface area contributed by atoms with Crippen LogP contribution in [-0.4, -0.2) is 24.3 Å². The van der Waals surface area contributed by atoms with Crippen LogP contribution >= 0.6 is 11.6 Å². The quantitative estimate of drug-likeness (QED) is 0.258. The Hall–Kier alpha value is -3.51. The van der Waals surface area contributed by atoms with Gasteiger partial charge in [0.25, 0.3) is 5.91 Å². The molecule has 3 rings (SSSR count). The molecule has 6 nitrogen and oxygen atoms in total. The van der Waals surface area contributed by atoms with Crippen molar-refractivity contribution in [3.8, 4) is 17.2 Å². The maximum atomic E-state index is 12.3. The van der Waals surface area contributed by atoms with Gasteiger partial charge < -0.3 is 14.6 Å². The molecule has 1 amide bonds. The number of amides is 1. The second-order valence-electron chi connectivity index (χ2n) is 8.85. The average molecular weight is 495 g/mol. The van der Waals surface area contributed by atoms with E-state index in [0.29, 0.717) is 24.0 Å². The molecule has 0 aliphatic carbocycles. The predicted molar refractivity (Wildman–Crippen MR) is 140 cm³/mol. The lowest BCUT2D eigenvalue weighted by Crippen LogP contribution is -2.17. The summed E-state index contributed by atoms with van der Waals surface area (Å²) < 4.78 is 11.8. The number of carbonyl (C=O) groups is 1. The zero-order chi connectivity index (χ0) is 25.5. The van der Waals surface area contributed by atoms with Crippen molar-refractivity contribution in [2.75, 3.05) is 7.11 Å². The summed E-state index contributed by atoms with van der Waals surface area (Å²) in [7, 11) is 1.60. The molecule has 0 aliphatic heterocycles. The highest BCUT2D eigenvalue weighted by Gasteiger charge is 2.16. The van der Waals surface area contributed by atoms with Crippen LogP contribution in [0.5, 0.6) is 17.2 Å². The molecule has 0 aromatic heterocycles. The smallest absolute Gasteiger partial charge is 0.271 e. The second kappa shape index (κ2) is 11.8.